The minimum absolute atomic E-state index is 0.0156. The number of sulfonamides is 1. The molecule has 3 aromatic heterocycles. The summed E-state index contributed by atoms with van der Waals surface area (Å²) in [5, 5.41) is 6.77. The van der Waals surface area contributed by atoms with Crippen LogP contribution >= 0.6 is 0 Å². The Morgan fingerprint density at radius 3 is 2.71 bits per heavy atom. The lowest BCUT2D eigenvalue weighted by atomic mass is 9.98. The Bertz CT molecular complexity index is 1310. The van der Waals surface area contributed by atoms with Crippen molar-refractivity contribution in [3.05, 3.63) is 66.9 Å². The maximum atomic E-state index is 13.5. The average Bonchev–Trinajstić information content (AvgIpc) is 3.44. The first-order valence-electron chi connectivity index (χ1n) is 10.2. The van der Waals surface area contributed by atoms with E-state index in [9.17, 15) is 12.8 Å². The van der Waals surface area contributed by atoms with Gasteiger partial charge in [-0.1, -0.05) is 6.07 Å². The minimum atomic E-state index is -3.66. The number of hydrogen-bond acceptors (Lipinski definition) is 4. The molecule has 4 heterocycles. The molecule has 5 rings (SSSR count). The van der Waals surface area contributed by atoms with Crippen LogP contribution in [0.25, 0.3) is 22.3 Å². The predicted molar refractivity (Wildman–Crippen MR) is 115 cm³/mol. The van der Waals surface area contributed by atoms with E-state index < -0.39 is 15.8 Å². The Morgan fingerprint density at radius 1 is 1.13 bits per heavy atom. The molecule has 1 aromatic carbocycles. The van der Waals surface area contributed by atoms with Gasteiger partial charge in [-0.15, -0.1) is 0 Å². The molecule has 0 radical (unpaired) electrons. The smallest absolute Gasteiger partial charge is 0.243 e. The van der Waals surface area contributed by atoms with Gasteiger partial charge >= 0.3 is 0 Å². The summed E-state index contributed by atoms with van der Waals surface area (Å²) in [6.07, 6.45) is 7.11. The molecule has 1 aliphatic heterocycles. The fourth-order valence-corrected chi connectivity index (χ4v) is 5.67. The third-order valence-electron chi connectivity index (χ3n) is 5.88. The van der Waals surface area contributed by atoms with Gasteiger partial charge in [0.2, 0.25) is 10.0 Å². The van der Waals surface area contributed by atoms with E-state index in [0.29, 0.717) is 19.0 Å². The number of aromatic nitrogens is 4. The van der Waals surface area contributed by atoms with E-state index in [1.54, 1.807) is 6.20 Å². The number of benzene rings is 1. The topological polar surface area (TPSA) is 83.9 Å². The fourth-order valence-electron chi connectivity index (χ4n) is 4.17. The van der Waals surface area contributed by atoms with E-state index in [4.69, 9.17) is 4.98 Å². The van der Waals surface area contributed by atoms with Gasteiger partial charge in [0.1, 0.15) is 5.82 Å². The minimum Gasteiger partial charge on any atom is -0.346 e. The highest BCUT2D eigenvalue weighted by Crippen LogP contribution is 2.27. The van der Waals surface area contributed by atoms with Crippen LogP contribution in [0.15, 0.2) is 66.0 Å². The van der Waals surface area contributed by atoms with Crippen molar-refractivity contribution in [1.82, 2.24) is 24.1 Å². The number of halogens is 1. The zero-order valence-electron chi connectivity index (χ0n) is 16.8. The molecule has 0 amide bonds. The first-order chi connectivity index (χ1) is 15.0. The molecule has 4 aromatic rings. The van der Waals surface area contributed by atoms with Gasteiger partial charge in [-0.25, -0.2) is 17.8 Å². The van der Waals surface area contributed by atoms with Gasteiger partial charge in [-0.2, -0.15) is 9.40 Å². The monoisotopic (exact) mass is 439 g/mol. The second kappa shape index (κ2) is 7.90. The number of piperidine rings is 1. The van der Waals surface area contributed by atoms with Crippen molar-refractivity contribution >= 4 is 21.1 Å². The molecule has 1 aliphatic rings. The van der Waals surface area contributed by atoms with Crippen molar-refractivity contribution in [3.8, 4) is 11.3 Å². The Kier molecular flexibility index (Phi) is 5.07. The highest BCUT2D eigenvalue weighted by atomic mass is 32.2. The lowest BCUT2D eigenvalue weighted by Crippen LogP contribution is -2.39. The van der Waals surface area contributed by atoms with Gasteiger partial charge in [0.05, 0.1) is 27.8 Å². The van der Waals surface area contributed by atoms with Crippen LogP contribution in [0.3, 0.4) is 0 Å². The standard InChI is InChI=1S/C22H22FN5O2S/c23-18-2-1-3-19(12-18)31(29,30)28-10-6-16(7-11-28)15-27-9-8-21-22(27)5-4-20(26-21)17-13-24-25-14-17/h1-5,8-9,12-14,16H,6-7,10-11,15H2,(H,24,25). The van der Waals surface area contributed by atoms with Crippen LogP contribution in [0.4, 0.5) is 4.39 Å². The average molecular weight is 440 g/mol. The van der Waals surface area contributed by atoms with Crippen LogP contribution in [0.1, 0.15) is 12.8 Å². The highest BCUT2D eigenvalue weighted by Gasteiger charge is 2.29. The molecular formula is C22H22FN5O2S. The zero-order chi connectivity index (χ0) is 21.4. The number of hydrogen-bond donors (Lipinski definition) is 1. The lowest BCUT2D eigenvalue weighted by molar-refractivity contribution is 0.254. The summed E-state index contributed by atoms with van der Waals surface area (Å²) in [6, 6.07) is 11.3. The normalized spacial score (nSPS) is 16.2. The molecular weight excluding hydrogens is 417 g/mol. The van der Waals surface area contributed by atoms with E-state index in [1.807, 2.05) is 24.5 Å². The van der Waals surface area contributed by atoms with E-state index in [-0.39, 0.29) is 4.90 Å². The largest absolute Gasteiger partial charge is 0.346 e. The van der Waals surface area contributed by atoms with Crippen molar-refractivity contribution < 1.29 is 12.8 Å². The highest BCUT2D eigenvalue weighted by molar-refractivity contribution is 7.89. The quantitative estimate of drug-likeness (QED) is 0.514. The molecule has 7 nitrogen and oxygen atoms in total. The number of nitrogens with zero attached hydrogens (tertiary/aromatic N) is 4. The SMILES string of the molecule is O=S(=O)(c1cccc(F)c1)N1CCC(Cn2ccc3nc(-c4cn[nH]c4)ccc32)CC1. The van der Waals surface area contributed by atoms with Crippen molar-refractivity contribution in [2.45, 2.75) is 24.3 Å². The lowest BCUT2D eigenvalue weighted by Gasteiger charge is -2.31. The molecule has 0 saturated carbocycles. The Balaban J connectivity index is 1.27. The van der Waals surface area contributed by atoms with Gasteiger partial charge < -0.3 is 4.57 Å². The second-order valence-electron chi connectivity index (χ2n) is 7.86. The van der Waals surface area contributed by atoms with E-state index in [2.05, 4.69) is 20.8 Å². The summed E-state index contributed by atoms with van der Waals surface area (Å²) >= 11 is 0. The van der Waals surface area contributed by atoms with Gasteiger partial charge in [-0.05, 0) is 55.2 Å². The molecule has 0 aliphatic carbocycles. The van der Waals surface area contributed by atoms with Crippen LogP contribution in [-0.2, 0) is 16.6 Å². The zero-order valence-corrected chi connectivity index (χ0v) is 17.6. The molecule has 0 spiro atoms. The van der Waals surface area contributed by atoms with Crippen molar-refractivity contribution in [1.29, 1.82) is 0 Å². The molecule has 31 heavy (non-hydrogen) atoms. The van der Waals surface area contributed by atoms with Crippen molar-refractivity contribution in [2.24, 2.45) is 5.92 Å². The van der Waals surface area contributed by atoms with Gasteiger partial charge in [-0.3, -0.25) is 5.10 Å². The second-order valence-corrected chi connectivity index (χ2v) is 9.80. The maximum absolute atomic E-state index is 13.5. The Labute approximate surface area is 179 Å². The number of pyridine rings is 1. The van der Waals surface area contributed by atoms with Crippen molar-refractivity contribution in [3.63, 3.8) is 0 Å². The van der Waals surface area contributed by atoms with E-state index in [1.165, 1.54) is 22.5 Å². The first kappa shape index (κ1) is 19.9. The van der Waals surface area contributed by atoms with Crippen LogP contribution in [0.5, 0.6) is 0 Å². The Morgan fingerprint density at radius 2 is 1.97 bits per heavy atom. The Hall–Kier alpha value is -3.04. The third kappa shape index (κ3) is 3.86. The molecule has 0 bridgehead atoms. The molecule has 1 fully saturated rings. The number of aromatic amines is 1. The van der Waals surface area contributed by atoms with Crippen LogP contribution < -0.4 is 0 Å². The number of H-pyrrole nitrogens is 1. The molecule has 160 valence electrons. The van der Waals surface area contributed by atoms with Crippen LogP contribution in [0.2, 0.25) is 0 Å². The fraction of sp³-hybridized carbons (Fsp3) is 0.273. The third-order valence-corrected chi connectivity index (χ3v) is 7.78. The molecule has 9 heteroatoms. The summed E-state index contributed by atoms with van der Waals surface area (Å²) in [5.41, 5.74) is 3.79. The van der Waals surface area contributed by atoms with Crippen LogP contribution in [-0.4, -0.2) is 45.6 Å². The summed E-state index contributed by atoms with van der Waals surface area (Å²) < 4.78 is 42.7. The first-order valence-corrected chi connectivity index (χ1v) is 11.7. The van der Waals surface area contributed by atoms with E-state index >= 15 is 0 Å². The van der Waals surface area contributed by atoms with Crippen molar-refractivity contribution in [2.75, 3.05) is 13.1 Å². The van der Waals surface area contributed by atoms with Gasteiger partial charge in [0, 0.05) is 37.6 Å². The molecule has 1 saturated heterocycles. The number of nitrogens with one attached hydrogen (secondary N) is 1. The van der Waals surface area contributed by atoms with Gasteiger partial charge in [0.25, 0.3) is 0 Å². The molecule has 0 atom stereocenters. The van der Waals surface area contributed by atoms with E-state index in [0.717, 1.165) is 47.7 Å². The summed E-state index contributed by atoms with van der Waals surface area (Å²) in [4.78, 5) is 4.73. The maximum Gasteiger partial charge on any atom is 0.243 e. The summed E-state index contributed by atoms with van der Waals surface area (Å²) in [7, 11) is -3.66. The van der Waals surface area contributed by atoms with Gasteiger partial charge in [0.15, 0.2) is 0 Å². The number of rotatable bonds is 5. The number of fused-ring (bicyclic) bond motifs is 1. The molecule has 0 unspecified atom stereocenters. The molecule has 1 N–H and O–H groups in total. The van der Waals surface area contributed by atoms with Crippen LogP contribution in [0, 0.1) is 11.7 Å². The summed E-state index contributed by atoms with van der Waals surface area (Å²) in [6.45, 7) is 1.68. The predicted octanol–water partition coefficient (Wildman–Crippen LogP) is 3.67. The summed E-state index contributed by atoms with van der Waals surface area (Å²) in [5.74, 6) is -0.178.